The Morgan fingerprint density at radius 3 is 3.00 bits per heavy atom. The summed E-state index contributed by atoms with van der Waals surface area (Å²) in [6.07, 6.45) is 4.76. The minimum atomic E-state index is -0.275. The van der Waals surface area contributed by atoms with Crippen LogP contribution in [0.5, 0.6) is 0 Å². The maximum Gasteiger partial charge on any atom is 0.317 e. The van der Waals surface area contributed by atoms with E-state index in [1.165, 1.54) is 31.4 Å². The molecule has 5 heteroatoms. The van der Waals surface area contributed by atoms with Crippen molar-refractivity contribution in [2.45, 2.75) is 31.8 Å². The Bertz CT molecular complexity index is 519. The second-order valence-corrected chi connectivity index (χ2v) is 6.18. The average Bonchev–Trinajstić information content (AvgIpc) is 2.50. The van der Waals surface area contributed by atoms with E-state index in [0.29, 0.717) is 19.7 Å². The van der Waals surface area contributed by atoms with Crippen molar-refractivity contribution in [1.82, 2.24) is 10.2 Å². The molecule has 120 valence electrons. The number of morpholine rings is 1. The maximum absolute atomic E-state index is 13.3. The monoisotopic (exact) mass is 306 g/mol. The van der Waals surface area contributed by atoms with E-state index in [1.54, 1.807) is 11.0 Å². The lowest BCUT2D eigenvalue weighted by Crippen LogP contribution is -2.47. The number of hydrogen-bond acceptors (Lipinski definition) is 2. The van der Waals surface area contributed by atoms with Crippen LogP contribution in [0, 0.1) is 11.7 Å². The molecule has 0 spiro atoms. The van der Waals surface area contributed by atoms with Crippen molar-refractivity contribution >= 4 is 6.03 Å². The van der Waals surface area contributed by atoms with Crippen molar-refractivity contribution in [2.24, 2.45) is 5.92 Å². The minimum absolute atomic E-state index is 0.0379. The van der Waals surface area contributed by atoms with Gasteiger partial charge in [0, 0.05) is 13.1 Å². The van der Waals surface area contributed by atoms with Crippen LogP contribution in [0.4, 0.5) is 9.18 Å². The number of carbonyl (C=O) groups is 1. The minimum Gasteiger partial charge on any atom is -0.370 e. The molecule has 1 aliphatic heterocycles. The van der Waals surface area contributed by atoms with Gasteiger partial charge in [0.15, 0.2) is 0 Å². The van der Waals surface area contributed by atoms with Gasteiger partial charge in [-0.3, -0.25) is 0 Å². The zero-order valence-electron chi connectivity index (χ0n) is 12.8. The van der Waals surface area contributed by atoms with E-state index < -0.39 is 0 Å². The lowest BCUT2D eigenvalue weighted by molar-refractivity contribution is -0.0156. The van der Waals surface area contributed by atoms with Gasteiger partial charge in [0.25, 0.3) is 0 Å². The topological polar surface area (TPSA) is 41.6 Å². The molecule has 0 aromatic heterocycles. The summed E-state index contributed by atoms with van der Waals surface area (Å²) in [6.45, 7) is 2.28. The molecule has 3 rings (SSSR count). The number of amides is 2. The highest BCUT2D eigenvalue weighted by molar-refractivity contribution is 5.74. The first-order valence-corrected chi connectivity index (χ1v) is 8.12. The van der Waals surface area contributed by atoms with Gasteiger partial charge in [0.1, 0.15) is 11.9 Å². The van der Waals surface area contributed by atoms with Crippen LogP contribution < -0.4 is 5.32 Å². The van der Waals surface area contributed by atoms with E-state index in [9.17, 15) is 9.18 Å². The van der Waals surface area contributed by atoms with Gasteiger partial charge in [-0.05, 0) is 30.0 Å². The Balaban J connectivity index is 1.50. The molecular weight excluding hydrogens is 283 g/mol. The number of benzene rings is 1. The quantitative estimate of drug-likeness (QED) is 0.928. The maximum atomic E-state index is 13.3. The molecule has 22 heavy (non-hydrogen) atoms. The average molecular weight is 306 g/mol. The van der Waals surface area contributed by atoms with E-state index in [2.05, 4.69) is 5.32 Å². The van der Waals surface area contributed by atoms with Crippen LogP contribution in [0.3, 0.4) is 0 Å². The number of nitrogens with one attached hydrogen (secondary N) is 1. The Morgan fingerprint density at radius 2 is 2.27 bits per heavy atom. The summed E-state index contributed by atoms with van der Waals surface area (Å²) in [6, 6.07) is 6.36. The van der Waals surface area contributed by atoms with Crippen molar-refractivity contribution in [3.8, 4) is 0 Å². The van der Waals surface area contributed by atoms with E-state index in [-0.39, 0.29) is 18.0 Å². The molecule has 1 atom stereocenters. The fourth-order valence-electron chi connectivity index (χ4n) is 3.02. The first-order chi connectivity index (χ1) is 10.7. The van der Waals surface area contributed by atoms with Crippen LogP contribution in [0.1, 0.15) is 37.4 Å². The zero-order chi connectivity index (χ0) is 15.4. The molecule has 1 heterocycles. The first-order valence-electron chi connectivity index (χ1n) is 8.12. The number of urea groups is 1. The van der Waals surface area contributed by atoms with Gasteiger partial charge in [-0.25, -0.2) is 9.18 Å². The number of rotatable bonds is 4. The number of halogens is 1. The normalized spacial score (nSPS) is 22.2. The van der Waals surface area contributed by atoms with Gasteiger partial charge in [-0.1, -0.05) is 31.4 Å². The van der Waals surface area contributed by atoms with E-state index >= 15 is 0 Å². The van der Waals surface area contributed by atoms with Gasteiger partial charge in [0.2, 0.25) is 0 Å². The fraction of sp³-hybridized carbons (Fsp3) is 0.588. The molecule has 1 N–H and O–H groups in total. The molecule has 4 nitrogen and oxygen atoms in total. The van der Waals surface area contributed by atoms with Crippen LogP contribution in [0.25, 0.3) is 0 Å². The zero-order valence-corrected chi connectivity index (χ0v) is 12.8. The summed E-state index contributed by atoms with van der Waals surface area (Å²) in [7, 11) is 0. The Kier molecular flexibility index (Phi) is 4.93. The molecule has 2 aliphatic rings. The summed E-state index contributed by atoms with van der Waals surface area (Å²) in [5.74, 6) is 0.521. The van der Waals surface area contributed by atoms with E-state index in [0.717, 1.165) is 24.4 Å². The van der Waals surface area contributed by atoms with Gasteiger partial charge < -0.3 is 15.0 Å². The third kappa shape index (κ3) is 3.77. The summed E-state index contributed by atoms with van der Waals surface area (Å²) >= 11 is 0. The van der Waals surface area contributed by atoms with Crippen LogP contribution in [-0.4, -0.2) is 37.2 Å². The first kappa shape index (κ1) is 15.3. The Morgan fingerprint density at radius 1 is 1.41 bits per heavy atom. The Hall–Kier alpha value is -1.62. The second kappa shape index (κ2) is 7.09. The molecule has 0 unspecified atom stereocenters. The van der Waals surface area contributed by atoms with Crippen LogP contribution in [-0.2, 0) is 4.74 Å². The highest BCUT2D eigenvalue weighted by Gasteiger charge is 2.26. The number of nitrogens with zero attached hydrogens (tertiary/aromatic N) is 1. The molecule has 1 saturated carbocycles. The fourth-order valence-corrected chi connectivity index (χ4v) is 3.02. The number of hydrogen-bond donors (Lipinski definition) is 1. The van der Waals surface area contributed by atoms with Crippen LogP contribution in [0.2, 0.25) is 0 Å². The molecule has 1 aromatic carbocycles. The van der Waals surface area contributed by atoms with Crippen molar-refractivity contribution in [2.75, 3.05) is 26.2 Å². The summed E-state index contributed by atoms with van der Waals surface area (Å²) < 4.78 is 19.0. The second-order valence-electron chi connectivity index (χ2n) is 6.18. The molecule has 2 amide bonds. The van der Waals surface area contributed by atoms with Crippen molar-refractivity contribution in [3.63, 3.8) is 0 Å². The van der Waals surface area contributed by atoms with Crippen LogP contribution in [0.15, 0.2) is 24.3 Å². The van der Waals surface area contributed by atoms with Gasteiger partial charge >= 0.3 is 6.03 Å². The largest absolute Gasteiger partial charge is 0.370 e. The molecule has 0 radical (unpaired) electrons. The highest BCUT2D eigenvalue weighted by Crippen LogP contribution is 2.28. The van der Waals surface area contributed by atoms with Crippen molar-refractivity contribution in [1.29, 1.82) is 0 Å². The van der Waals surface area contributed by atoms with Gasteiger partial charge in [-0.15, -0.1) is 0 Å². The summed E-state index contributed by atoms with van der Waals surface area (Å²) in [5, 5.41) is 2.99. The predicted octanol–water partition coefficient (Wildman–Crippen LogP) is 3.10. The smallest absolute Gasteiger partial charge is 0.317 e. The highest BCUT2D eigenvalue weighted by atomic mass is 19.1. The molecular formula is C17H23FN2O2. The molecule has 1 aliphatic carbocycles. The van der Waals surface area contributed by atoms with Crippen LogP contribution >= 0.6 is 0 Å². The standard InChI is InChI=1S/C17H23FN2O2/c18-15-6-2-5-14(11-15)16-12-20(9-10-22-16)17(21)19-8-7-13-3-1-4-13/h2,5-6,11,13,16H,1,3-4,7-10,12H2,(H,19,21)/t16-/m0/s1. The van der Waals surface area contributed by atoms with Gasteiger partial charge in [0.05, 0.1) is 13.2 Å². The number of ether oxygens (including phenoxy) is 1. The molecule has 1 saturated heterocycles. The van der Waals surface area contributed by atoms with E-state index in [4.69, 9.17) is 4.74 Å². The van der Waals surface area contributed by atoms with E-state index in [1.807, 2.05) is 6.07 Å². The Labute approximate surface area is 130 Å². The van der Waals surface area contributed by atoms with Gasteiger partial charge in [-0.2, -0.15) is 0 Å². The third-order valence-electron chi connectivity index (χ3n) is 4.63. The van der Waals surface area contributed by atoms with Crippen molar-refractivity contribution in [3.05, 3.63) is 35.6 Å². The molecule has 1 aromatic rings. The lowest BCUT2D eigenvalue weighted by atomic mass is 9.83. The lowest BCUT2D eigenvalue weighted by Gasteiger charge is -2.33. The SMILES string of the molecule is O=C(NCCC1CCC1)N1CCO[C@H](c2cccc(F)c2)C1. The third-order valence-corrected chi connectivity index (χ3v) is 4.63. The predicted molar refractivity (Wildman–Crippen MR) is 82.0 cm³/mol. The van der Waals surface area contributed by atoms with Crippen molar-refractivity contribution < 1.29 is 13.9 Å². The summed E-state index contributed by atoms with van der Waals surface area (Å²) in [5.41, 5.74) is 0.784. The molecule has 0 bridgehead atoms. The number of carbonyl (C=O) groups excluding carboxylic acids is 1. The summed E-state index contributed by atoms with van der Waals surface area (Å²) in [4.78, 5) is 14.0. The molecule has 2 fully saturated rings.